The standard InChI is InChI=1S/C10H17N5O6.C2H4O2/c1-4(17)7(9(18)19)13-10(20)12-2-6-14-15-8(21-6)5(11)3-16;1-2(3)4/h4-5,7,16-17H,2-3,11H2,1H3,(H,18,19)(H2,12,13,20);1H3,(H,3,4)/t4?,5-,7?;/m0./s1. The Morgan fingerprint density at radius 2 is 1.84 bits per heavy atom. The molecule has 1 rings (SSSR count). The fourth-order valence-corrected chi connectivity index (χ4v) is 1.30. The number of aliphatic carboxylic acids is 2. The van der Waals surface area contributed by atoms with Crippen LogP contribution in [0.4, 0.5) is 4.79 Å². The number of carbonyl (C=O) groups is 3. The number of nitrogens with zero attached hydrogens (tertiary/aromatic N) is 2. The summed E-state index contributed by atoms with van der Waals surface area (Å²) in [7, 11) is 0. The predicted octanol–water partition coefficient (Wildman–Crippen LogP) is -2.21. The monoisotopic (exact) mass is 363 g/mol. The highest BCUT2D eigenvalue weighted by atomic mass is 16.4. The molecule has 25 heavy (non-hydrogen) atoms. The lowest BCUT2D eigenvalue weighted by Crippen LogP contribution is -2.51. The van der Waals surface area contributed by atoms with E-state index >= 15 is 0 Å². The Labute approximate surface area is 141 Å². The van der Waals surface area contributed by atoms with Gasteiger partial charge in [0.25, 0.3) is 5.97 Å². The van der Waals surface area contributed by atoms with Gasteiger partial charge < -0.3 is 41.2 Å². The molecule has 13 nitrogen and oxygen atoms in total. The summed E-state index contributed by atoms with van der Waals surface area (Å²) in [4.78, 5) is 31.3. The molecule has 0 aliphatic heterocycles. The van der Waals surface area contributed by atoms with Crippen LogP contribution in [-0.4, -0.2) is 67.3 Å². The van der Waals surface area contributed by atoms with Crippen molar-refractivity contribution >= 4 is 18.0 Å². The van der Waals surface area contributed by atoms with Gasteiger partial charge in [-0.05, 0) is 6.92 Å². The second-order valence-electron chi connectivity index (χ2n) is 4.73. The van der Waals surface area contributed by atoms with Crippen LogP contribution in [0.15, 0.2) is 4.42 Å². The van der Waals surface area contributed by atoms with Gasteiger partial charge in [0, 0.05) is 6.92 Å². The predicted molar refractivity (Wildman–Crippen MR) is 80.1 cm³/mol. The Morgan fingerprint density at radius 1 is 1.28 bits per heavy atom. The number of aromatic nitrogens is 2. The Balaban J connectivity index is 0.00000129. The number of nitrogens with two attached hydrogens (primary N) is 1. The smallest absolute Gasteiger partial charge is 0.328 e. The molecule has 1 aromatic heterocycles. The maximum Gasteiger partial charge on any atom is 0.328 e. The molecule has 0 bridgehead atoms. The van der Waals surface area contributed by atoms with E-state index < -0.39 is 36.2 Å². The molecule has 1 aromatic rings. The first-order valence-electron chi connectivity index (χ1n) is 6.91. The van der Waals surface area contributed by atoms with E-state index in [1.807, 2.05) is 0 Å². The Hall–Kier alpha value is -2.77. The van der Waals surface area contributed by atoms with Crippen molar-refractivity contribution in [1.82, 2.24) is 20.8 Å². The summed E-state index contributed by atoms with van der Waals surface area (Å²) in [6.45, 7) is 1.78. The lowest BCUT2D eigenvalue weighted by Gasteiger charge is -2.16. The first kappa shape index (κ1) is 22.2. The normalized spacial score (nSPS) is 13.6. The van der Waals surface area contributed by atoms with Crippen LogP contribution in [0, 0.1) is 0 Å². The van der Waals surface area contributed by atoms with Crippen LogP contribution in [0.3, 0.4) is 0 Å². The third-order valence-corrected chi connectivity index (χ3v) is 2.43. The summed E-state index contributed by atoms with van der Waals surface area (Å²) >= 11 is 0. The Morgan fingerprint density at radius 3 is 2.28 bits per heavy atom. The van der Waals surface area contributed by atoms with E-state index in [4.69, 9.17) is 30.3 Å². The summed E-state index contributed by atoms with van der Waals surface area (Å²) in [5.74, 6) is -2.15. The van der Waals surface area contributed by atoms with E-state index in [1.54, 1.807) is 0 Å². The summed E-state index contributed by atoms with van der Waals surface area (Å²) in [6.07, 6.45) is -1.26. The summed E-state index contributed by atoms with van der Waals surface area (Å²) in [5, 5.41) is 45.7. The van der Waals surface area contributed by atoms with Gasteiger partial charge in [-0.3, -0.25) is 4.79 Å². The molecule has 142 valence electrons. The average Bonchev–Trinajstić information content (AvgIpc) is 2.97. The number of urea groups is 1. The minimum absolute atomic E-state index is 0.0158. The molecule has 0 spiro atoms. The summed E-state index contributed by atoms with van der Waals surface area (Å²) < 4.78 is 5.07. The van der Waals surface area contributed by atoms with E-state index in [0.29, 0.717) is 0 Å². The van der Waals surface area contributed by atoms with Gasteiger partial charge in [0.05, 0.1) is 19.3 Å². The van der Waals surface area contributed by atoms with Crippen molar-refractivity contribution in [1.29, 1.82) is 0 Å². The number of amides is 2. The molecule has 0 radical (unpaired) electrons. The zero-order valence-electron chi connectivity index (χ0n) is 13.5. The third kappa shape index (κ3) is 9.19. The number of nitrogens with one attached hydrogen (secondary N) is 2. The molecule has 0 saturated heterocycles. The minimum atomic E-state index is -1.44. The molecule has 1 heterocycles. The highest BCUT2D eigenvalue weighted by Gasteiger charge is 2.25. The van der Waals surface area contributed by atoms with Crippen LogP contribution < -0.4 is 16.4 Å². The average molecular weight is 363 g/mol. The molecule has 2 unspecified atom stereocenters. The molecule has 3 atom stereocenters. The number of carbonyl (C=O) groups excluding carboxylic acids is 1. The number of hydrogen-bond donors (Lipinski definition) is 7. The summed E-state index contributed by atoms with van der Waals surface area (Å²) in [6, 6.07) is -3.08. The summed E-state index contributed by atoms with van der Waals surface area (Å²) in [5.41, 5.74) is 5.46. The van der Waals surface area contributed by atoms with Gasteiger partial charge in [-0.2, -0.15) is 0 Å². The van der Waals surface area contributed by atoms with Crippen molar-refractivity contribution in [3.8, 4) is 0 Å². The molecule has 13 heteroatoms. The van der Waals surface area contributed by atoms with Crippen LogP contribution in [0.25, 0.3) is 0 Å². The van der Waals surface area contributed by atoms with Crippen LogP contribution >= 0.6 is 0 Å². The molecule has 0 saturated carbocycles. The second kappa shape index (κ2) is 10.9. The van der Waals surface area contributed by atoms with E-state index in [1.165, 1.54) is 6.92 Å². The SMILES string of the molecule is CC(=O)O.CC(O)C(NC(=O)NCc1nnc([C@@H](N)CO)o1)C(=O)O. The largest absolute Gasteiger partial charge is 0.481 e. The highest BCUT2D eigenvalue weighted by Crippen LogP contribution is 2.07. The first-order chi connectivity index (χ1) is 11.6. The van der Waals surface area contributed by atoms with E-state index in [9.17, 15) is 14.7 Å². The molecule has 0 fully saturated rings. The van der Waals surface area contributed by atoms with Gasteiger partial charge in [0.15, 0.2) is 6.04 Å². The second-order valence-corrected chi connectivity index (χ2v) is 4.73. The zero-order valence-corrected chi connectivity index (χ0v) is 13.5. The quantitative estimate of drug-likeness (QED) is 0.275. The maximum atomic E-state index is 11.5. The lowest BCUT2D eigenvalue weighted by atomic mass is 10.2. The molecule has 0 aliphatic rings. The van der Waals surface area contributed by atoms with Crippen LogP contribution in [0.1, 0.15) is 31.7 Å². The molecular weight excluding hydrogens is 342 g/mol. The van der Waals surface area contributed by atoms with Crippen molar-refractivity contribution in [2.75, 3.05) is 6.61 Å². The van der Waals surface area contributed by atoms with Gasteiger partial charge in [-0.15, -0.1) is 10.2 Å². The van der Waals surface area contributed by atoms with Crippen molar-refractivity contribution < 1.29 is 39.2 Å². The van der Waals surface area contributed by atoms with Gasteiger partial charge in [0.1, 0.15) is 6.04 Å². The fourth-order valence-electron chi connectivity index (χ4n) is 1.30. The number of carboxylic acids is 2. The van der Waals surface area contributed by atoms with E-state index in [-0.39, 0.29) is 24.9 Å². The van der Waals surface area contributed by atoms with Crippen molar-refractivity contribution in [2.45, 2.75) is 38.6 Å². The molecule has 0 aromatic carbocycles. The van der Waals surface area contributed by atoms with Crippen molar-refractivity contribution in [2.24, 2.45) is 5.73 Å². The van der Waals surface area contributed by atoms with E-state index in [0.717, 1.165) is 6.92 Å². The third-order valence-electron chi connectivity index (χ3n) is 2.43. The minimum Gasteiger partial charge on any atom is -0.481 e. The molecular formula is C12H21N5O8. The zero-order chi connectivity index (χ0) is 19.6. The van der Waals surface area contributed by atoms with E-state index in [2.05, 4.69) is 20.8 Å². The van der Waals surface area contributed by atoms with Crippen molar-refractivity contribution in [3.05, 3.63) is 11.8 Å². The maximum absolute atomic E-state index is 11.5. The Kier molecular flexibility index (Phi) is 9.69. The molecule has 8 N–H and O–H groups in total. The fraction of sp³-hybridized carbons (Fsp3) is 0.583. The van der Waals surface area contributed by atoms with Gasteiger partial charge in [-0.1, -0.05) is 0 Å². The number of carboxylic acid groups (broad SMARTS) is 2. The van der Waals surface area contributed by atoms with Crippen LogP contribution in [-0.2, 0) is 16.1 Å². The topological polar surface area (TPSA) is 221 Å². The van der Waals surface area contributed by atoms with Crippen molar-refractivity contribution in [3.63, 3.8) is 0 Å². The van der Waals surface area contributed by atoms with Gasteiger partial charge >= 0.3 is 12.0 Å². The van der Waals surface area contributed by atoms with Gasteiger partial charge in [-0.25, -0.2) is 9.59 Å². The number of aliphatic hydroxyl groups is 2. The number of hydrogen-bond acceptors (Lipinski definition) is 9. The highest BCUT2D eigenvalue weighted by molar-refractivity contribution is 5.82. The number of rotatable bonds is 7. The number of aliphatic hydroxyl groups excluding tert-OH is 2. The molecule has 2 amide bonds. The van der Waals surface area contributed by atoms with Crippen LogP contribution in [0.2, 0.25) is 0 Å². The first-order valence-corrected chi connectivity index (χ1v) is 6.91. The van der Waals surface area contributed by atoms with Crippen LogP contribution in [0.5, 0.6) is 0 Å². The lowest BCUT2D eigenvalue weighted by molar-refractivity contribution is -0.141. The van der Waals surface area contributed by atoms with Gasteiger partial charge in [0.2, 0.25) is 11.8 Å². The molecule has 0 aliphatic carbocycles. The Bertz CT molecular complexity index is 572.